The molecule has 0 saturated heterocycles. The van der Waals surface area contributed by atoms with Crippen molar-refractivity contribution in [1.82, 2.24) is 9.78 Å². The molecule has 4 nitrogen and oxygen atoms in total. The average molecular weight is 340 g/mol. The van der Waals surface area contributed by atoms with Crippen molar-refractivity contribution in [2.24, 2.45) is 0 Å². The molecular weight excluding hydrogens is 320 g/mol. The number of benzene rings is 2. The fourth-order valence-electron chi connectivity index (χ4n) is 2.55. The zero-order chi connectivity index (χ0) is 17.2. The van der Waals surface area contributed by atoms with Crippen LogP contribution >= 0.6 is 11.8 Å². The van der Waals surface area contributed by atoms with Gasteiger partial charge in [-0.3, -0.25) is 4.79 Å². The molecule has 3 rings (SSSR count). The fraction of sp³-hybridized carbons (Fsp3) is 0.263. The molecule has 5 heteroatoms. The third-order valence-electron chi connectivity index (χ3n) is 3.73. The van der Waals surface area contributed by atoms with Crippen LogP contribution in [0, 0.1) is 0 Å². The number of thioether (sulfide) groups is 1. The SMILES string of the molecule is CCOC(=O)C(C)(C)Sc1ccnn1-c1cccc2ccccc12. The summed E-state index contributed by atoms with van der Waals surface area (Å²) >= 11 is 1.46. The highest BCUT2D eigenvalue weighted by Crippen LogP contribution is 2.35. The molecule has 0 saturated carbocycles. The third-order valence-corrected chi connectivity index (χ3v) is 4.92. The van der Waals surface area contributed by atoms with Gasteiger partial charge in [0.1, 0.15) is 9.77 Å². The maximum absolute atomic E-state index is 12.2. The molecule has 124 valence electrons. The minimum Gasteiger partial charge on any atom is -0.465 e. The Bertz CT molecular complexity index is 865. The van der Waals surface area contributed by atoms with Crippen LogP contribution in [0.4, 0.5) is 0 Å². The van der Waals surface area contributed by atoms with Crippen LogP contribution in [-0.2, 0) is 9.53 Å². The summed E-state index contributed by atoms with van der Waals surface area (Å²) in [5.41, 5.74) is 1.00. The number of ether oxygens (including phenoxy) is 1. The van der Waals surface area contributed by atoms with Crippen LogP contribution in [0.1, 0.15) is 20.8 Å². The molecule has 1 aromatic heterocycles. The van der Waals surface area contributed by atoms with Crippen molar-refractivity contribution in [2.75, 3.05) is 6.61 Å². The number of hydrogen-bond acceptors (Lipinski definition) is 4. The van der Waals surface area contributed by atoms with Crippen molar-refractivity contribution in [3.8, 4) is 5.69 Å². The van der Waals surface area contributed by atoms with Crippen molar-refractivity contribution in [3.05, 3.63) is 54.7 Å². The Balaban J connectivity index is 2.00. The van der Waals surface area contributed by atoms with E-state index in [0.717, 1.165) is 21.5 Å². The first kappa shape index (κ1) is 16.6. The Kier molecular flexibility index (Phi) is 4.62. The standard InChI is InChI=1S/C19H20N2O2S/c1-4-23-18(22)19(2,3)24-17-12-13-20-21(17)16-11-7-9-14-8-5-6-10-15(14)16/h5-13H,4H2,1-3H3. The first-order chi connectivity index (χ1) is 11.5. The molecule has 0 aliphatic heterocycles. The van der Waals surface area contributed by atoms with Crippen LogP contribution in [0.15, 0.2) is 59.8 Å². The van der Waals surface area contributed by atoms with E-state index in [1.165, 1.54) is 11.8 Å². The van der Waals surface area contributed by atoms with Crippen LogP contribution in [-0.4, -0.2) is 27.1 Å². The molecule has 0 aliphatic carbocycles. The normalized spacial score (nSPS) is 11.6. The first-order valence-corrected chi connectivity index (χ1v) is 8.73. The van der Waals surface area contributed by atoms with E-state index in [2.05, 4.69) is 23.3 Å². The van der Waals surface area contributed by atoms with Gasteiger partial charge in [-0.2, -0.15) is 5.10 Å². The van der Waals surface area contributed by atoms with Crippen molar-refractivity contribution in [1.29, 1.82) is 0 Å². The second-order valence-electron chi connectivity index (χ2n) is 5.91. The Morgan fingerprint density at radius 3 is 2.71 bits per heavy atom. The predicted octanol–water partition coefficient (Wildman–Crippen LogP) is 4.46. The highest BCUT2D eigenvalue weighted by Gasteiger charge is 2.32. The van der Waals surface area contributed by atoms with Crippen molar-refractivity contribution >= 4 is 28.5 Å². The summed E-state index contributed by atoms with van der Waals surface area (Å²) in [6, 6.07) is 16.3. The van der Waals surface area contributed by atoms with Crippen molar-refractivity contribution < 1.29 is 9.53 Å². The number of nitrogens with zero attached hydrogens (tertiary/aromatic N) is 2. The van der Waals surface area contributed by atoms with E-state index in [0.29, 0.717) is 6.61 Å². The van der Waals surface area contributed by atoms with Gasteiger partial charge in [0.25, 0.3) is 0 Å². The fourth-order valence-corrected chi connectivity index (χ4v) is 3.58. The van der Waals surface area contributed by atoms with Crippen LogP contribution in [0.25, 0.3) is 16.5 Å². The summed E-state index contributed by atoms with van der Waals surface area (Å²) in [4.78, 5) is 12.2. The molecule has 0 N–H and O–H groups in total. The average Bonchev–Trinajstić information content (AvgIpc) is 3.01. The lowest BCUT2D eigenvalue weighted by Gasteiger charge is -2.22. The molecule has 0 bridgehead atoms. The molecule has 0 unspecified atom stereocenters. The van der Waals surface area contributed by atoms with E-state index in [9.17, 15) is 4.79 Å². The van der Waals surface area contributed by atoms with Crippen LogP contribution in [0.5, 0.6) is 0 Å². The van der Waals surface area contributed by atoms with E-state index in [1.54, 1.807) is 6.20 Å². The van der Waals surface area contributed by atoms with Crippen LogP contribution < -0.4 is 0 Å². The van der Waals surface area contributed by atoms with Gasteiger partial charge in [0, 0.05) is 5.39 Å². The third kappa shape index (κ3) is 3.17. The zero-order valence-electron chi connectivity index (χ0n) is 14.0. The van der Waals surface area contributed by atoms with E-state index >= 15 is 0 Å². The summed E-state index contributed by atoms with van der Waals surface area (Å²) in [6.45, 7) is 5.94. The van der Waals surface area contributed by atoms with Gasteiger partial charge >= 0.3 is 5.97 Å². The monoisotopic (exact) mass is 340 g/mol. The largest absolute Gasteiger partial charge is 0.465 e. The Labute approximate surface area is 145 Å². The maximum atomic E-state index is 12.2. The van der Waals surface area contributed by atoms with Gasteiger partial charge < -0.3 is 4.74 Å². The molecule has 2 aromatic carbocycles. The van der Waals surface area contributed by atoms with Gasteiger partial charge in [-0.15, -0.1) is 0 Å². The first-order valence-electron chi connectivity index (χ1n) is 7.91. The number of carbonyl (C=O) groups is 1. The van der Waals surface area contributed by atoms with E-state index in [4.69, 9.17) is 4.74 Å². The zero-order valence-corrected chi connectivity index (χ0v) is 14.8. The highest BCUT2D eigenvalue weighted by atomic mass is 32.2. The smallest absolute Gasteiger partial charge is 0.322 e. The maximum Gasteiger partial charge on any atom is 0.322 e. The number of esters is 1. The van der Waals surface area contributed by atoms with Gasteiger partial charge in [0.05, 0.1) is 18.5 Å². The summed E-state index contributed by atoms with van der Waals surface area (Å²) in [7, 11) is 0. The summed E-state index contributed by atoms with van der Waals surface area (Å²) in [6.07, 6.45) is 1.76. The van der Waals surface area contributed by atoms with E-state index in [1.807, 2.05) is 55.8 Å². The van der Waals surface area contributed by atoms with E-state index in [-0.39, 0.29) is 5.97 Å². The van der Waals surface area contributed by atoms with E-state index < -0.39 is 4.75 Å². The van der Waals surface area contributed by atoms with Crippen LogP contribution in [0.2, 0.25) is 0 Å². The molecule has 0 amide bonds. The number of carbonyl (C=O) groups excluding carboxylic acids is 1. The molecule has 0 aliphatic rings. The van der Waals surface area contributed by atoms with Gasteiger partial charge in [-0.05, 0) is 38.3 Å². The Morgan fingerprint density at radius 2 is 1.92 bits per heavy atom. The van der Waals surface area contributed by atoms with Gasteiger partial charge in [0.2, 0.25) is 0 Å². The molecule has 0 atom stereocenters. The molecule has 0 spiro atoms. The van der Waals surface area contributed by atoms with Gasteiger partial charge in [0.15, 0.2) is 0 Å². The lowest BCUT2D eigenvalue weighted by atomic mass is 10.1. The molecule has 3 aromatic rings. The number of fused-ring (bicyclic) bond motifs is 1. The topological polar surface area (TPSA) is 44.1 Å². The van der Waals surface area contributed by atoms with Crippen molar-refractivity contribution in [2.45, 2.75) is 30.5 Å². The molecule has 1 heterocycles. The minimum atomic E-state index is -0.682. The summed E-state index contributed by atoms with van der Waals surface area (Å²) in [5.74, 6) is -0.222. The van der Waals surface area contributed by atoms with Crippen molar-refractivity contribution in [3.63, 3.8) is 0 Å². The number of hydrogen-bond donors (Lipinski definition) is 0. The second kappa shape index (κ2) is 6.69. The molecule has 0 radical (unpaired) electrons. The molecule has 24 heavy (non-hydrogen) atoms. The summed E-state index contributed by atoms with van der Waals surface area (Å²) in [5, 5.41) is 7.66. The Morgan fingerprint density at radius 1 is 1.17 bits per heavy atom. The number of rotatable bonds is 5. The van der Waals surface area contributed by atoms with Crippen LogP contribution in [0.3, 0.4) is 0 Å². The van der Waals surface area contributed by atoms with Gasteiger partial charge in [-0.1, -0.05) is 48.2 Å². The Hall–Kier alpha value is -2.27. The number of aromatic nitrogens is 2. The molecular formula is C19H20N2O2S. The minimum absolute atomic E-state index is 0.222. The second-order valence-corrected chi connectivity index (χ2v) is 7.56. The lowest BCUT2D eigenvalue weighted by Crippen LogP contribution is -2.30. The summed E-state index contributed by atoms with van der Waals surface area (Å²) < 4.78 is 6.38. The quantitative estimate of drug-likeness (QED) is 0.508. The predicted molar refractivity (Wildman–Crippen MR) is 97.6 cm³/mol. The molecule has 0 fully saturated rings. The highest BCUT2D eigenvalue weighted by molar-refractivity contribution is 8.01. The lowest BCUT2D eigenvalue weighted by molar-refractivity contribution is -0.145. The van der Waals surface area contributed by atoms with Gasteiger partial charge in [-0.25, -0.2) is 4.68 Å².